The molecule has 0 amide bonds. The summed E-state index contributed by atoms with van der Waals surface area (Å²) in [6.45, 7) is 2.16. The summed E-state index contributed by atoms with van der Waals surface area (Å²) in [6, 6.07) is 0. The molecule has 0 radical (unpaired) electrons. The summed E-state index contributed by atoms with van der Waals surface area (Å²) < 4.78 is 0. The molecule has 0 saturated heterocycles. The molecule has 2 heteroatoms. The Bertz CT molecular complexity index is 425. The van der Waals surface area contributed by atoms with E-state index in [0.29, 0.717) is 0 Å². The highest BCUT2D eigenvalue weighted by molar-refractivity contribution is 5.68. The van der Waals surface area contributed by atoms with Gasteiger partial charge in [0.2, 0.25) is 0 Å². The van der Waals surface area contributed by atoms with Crippen LogP contribution in [-0.2, 0) is 4.79 Å². The van der Waals surface area contributed by atoms with Crippen molar-refractivity contribution in [3.63, 3.8) is 0 Å². The van der Waals surface area contributed by atoms with Crippen LogP contribution in [-0.4, -0.2) is 11.1 Å². The molecule has 2 nitrogen and oxygen atoms in total. The van der Waals surface area contributed by atoms with Crippen molar-refractivity contribution < 1.29 is 9.90 Å². The quantitative estimate of drug-likeness (QED) is 0.265. The lowest BCUT2D eigenvalue weighted by atomic mass is 10.1. The molecule has 0 aliphatic rings. The molecule has 134 valence electrons. The summed E-state index contributed by atoms with van der Waals surface area (Å²) in [5, 5.41) is 8.48. The van der Waals surface area contributed by atoms with E-state index in [1.165, 1.54) is 19.3 Å². The monoisotopic (exact) mass is 330 g/mol. The Labute approximate surface area is 148 Å². The molecule has 0 aromatic heterocycles. The minimum absolute atomic E-state index is 0.123. The summed E-state index contributed by atoms with van der Waals surface area (Å²) in [7, 11) is 0. The van der Waals surface area contributed by atoms with Gasteiger partial charge in [-0.25, -0.2) is 0 Å². The summed E-state index contributed by atoms with van der Waals surface area (Å²) in [6.07, 6.45) is 31.5. The van der Waals surface area contributed by atoms with Crippen LogP contribution >= 0.6 is 0 Å². The Kier molecular flexibility index (Phi) is 17.8. The zero-order chi connectivity index (χ0) is 17.7. The van der Waals surface area contributed by atoms with Crippen molar-refractivity contribution in [2.75, 3.05) is 0 Å². The van der Waals surface area contributed by atoms with E-state index in [4.69, 9.17) is 5.11 Å². The molecule has 0 spiro atoms. The highest BCUT2D eigenvalue weighted by Gasteiger charge is 1.87. The van der Waals surface area contributed by atoms with E-state index in [-0.39, 0.29) is 6.42 Å². The minimum Gasteiger partial charge on any atom is -0.481 e. The van der Waals surface area contributed by atoms with E-state index >= 15 is 0 Å². The number of carboxylic acids is 1. The van der Waals surface area contributed by atoms with Gasteiger partial charge in [0.05, 0.1) is 6.42 Å². The van der Waals surface area contributed by atoms with Crippen molar-refractivity contribution >= 4 is 5.97 Å². The highest BCUT2D eigenvalue weighted by Crippen LogP contribution is 2.03. The smallest absolute Gasteiger partial charge is 0.307 e. The zero-order valence-corrected chi connectivity index (χ0v) is 15.2. The van der Waals surface area contributed by atoms with Gasteiger partial charge >= 0.3 is 5.97 Å². The molecule has 1 N–H and O–H groups in total. The molecule has 0 saturated carbocycles. The Morgan fingerprint density at radius 2 is 1.12 bits per heavy atom. The fraction of sp³-hybridized carbons (Fsp3) is 0.500. The Balaban J connectivity index is 3.37. The number of allylic oxidation sites excluding steroid dienone is 9. The summed E-state index contributed by atoms with van der Waals surface area (Å²) in [5.41, 5.74) is 0. The van der Waals surface area contributed by atoms with Crippen molar-refractivity contribution in [3.8, 4) is 0 Å². The molecule has 0 unspecified atom stereocenters. The van der Waals surface area contributed by atoms with Gasteiger partial charge in [-0.1, -0.05) is 67.7 Å². The maximum atomic E-state index is 10.3. The van der Waals surface area contributed by atoms with Gasteiger partial charge in [-0.2, -0.15) is 0 Å². The maximum Gasteiger partial charge on any atom is 0.307 e. The first-order valence-corrected chi connectivity index (χ1v) is 9.24. The van der Waals surface area contributed by atoms with Gasteiger partial charge in [0.25, 0.3) is 0 Å². The number of rotatable bonds is 15. The first-order chi connectivity index (χ1) is 11.8. The number of hydrogen-bond acceptors (Lipinski definition) is 1. The van der Waals surface area contributed by atoms with Crippen molar-refractivity contribution in [2.24, 2.45) is 0 Å². The average molecular weight is 331 g/mol. The lowest BCUT2D eigenvalue weighted by Gasteiger charge is -1.93. The molecular formula is C22H34O2. The molecule has 0 rings (SSSR count). The van der Waals surface area contributed by atoms with Crippen LogP contribution in [0.25, 0.3) is 0 Å². The van der Waals surface area contributed by atoms with Crippen LogP contribution in [0.5, 0.6) is 0 Å². The second kappa shape index (κ2) is 19.2. The van der Waals surface area contributed by atoms with Crippen LogP contribution in [0.3, 0.4) is 0 Å². The van der Waals surface area contributed by atoms with E-state index in [9.17, 15) is 4.79 Å². The lowest BCUT2D eigenvalue weighted by Crippen LogP contribution is -1.89. The van der Waals surface area contributed by atoms with Crippen LogP contribution in [0.2, 0.25) is 0 Å². The third-order valence-electron chi connectivity index (χ3n) is 3.40. The van der Waals surface area contributed by atoms with E-state index in [1.54, 1.807) is 6.08 Å². The molecule has 0 heterocycles. The average Bonchev–Trinajstić information content (AvgIpc) is 2.56. The lowest BCUT2D eigenvalue weighted by molar-refractivity contribution is -0.136. The summed E-state index contributed by atoms with van der Waals surface area (Å²) in [4.78, 5) is 10.3. The van der Waals surface area contributed by atoms with Crippen LogP contribution in [0.4, 0.5) is 0 Å². The number of hydrogen-bond donors (Lipinski definition) is 1. The first-order valence-electron chi connectivity index (χ1n) is 9.24. The number of aliphatic carboxylic acids is 1. The van der Waals surface area contributed by atoms with Crippen molar-refractivity contribution in [1.82, 2.24) is 0 Å². The summed E-state index contributed by atoms with van der Waals surface area (Å²) in [5.74, 6) is -0.771. The van der Waals surface area contributed by atoms with E-state index in [2.05, 4.69) is 55.5 Å². The predicted octanol–water partition coefficient (Wildman–Crippen LogP) is 6.77. The molecule has 0 bridgehead atoms. The minimum atomic E-state index is -0.771. The second-order valence-corrected chi connectivity index (χ2v) is 5.70. The Morgan fingerprint density at radius 1 is 0.667 bits per heavy atom. The molecule has 0 atom stereocenters. The Morgan fingerprint density at radius 3 is 1.62 bits per heavy atom. The van der Waals surface area contributed by atoms with Crippen molar-refractivity contribution in [3.05, 3.63) is 60.8 Å². The molecule has 0 aromatic carbocycles. The molecular weight excluding hydrogens is 296 g/mol. The van der Waals surface area contributed by atoms with Gasteiger partial charge in [-0.05, 0) is 57.8 Å². The van der Waals surface area contributed by atoms with E-state index in [0.717, 1.165) is 38.5 Å². The van der Waals surface area contributed by atoms with Gasteiger partial charge in [-0.15, -0.1) is 0 Å². The highest BCUT2D eigenvalue weighted by atomic mass is 16.4. The van der Waals surface area contributed by atoms with Crippen molar-refractivity contribution in [1.29, 1.82) is 0 Å². The van der Waals surface area contributed by atoms with Crippen LogP contribution in [0.15, 0.2) is 60.8 Å². The summed E-state index contributed by atoms with van der Waals surface area (Å²) >= 11 is 0. The van der Waals surface area contributed by atoms with Gasteiger partial charge < -0.3 is 5.11 Å². The first kappa shape index (κ1) is 22.2. The number of carboxylic acid groups (broad SMARTS) is 1. The van der Waals surface area contributed by atoms with E-state index in [1.807, 2.05) is 6.08 Å². The largest absolute Gasteiger partial charge is 0.481 e. The number of unbranched alkanes of at least 4 members (excludes halogenated alkanes) is 4. The van der Waals surface area contributed by atoms with Crippen LogP contribution in [0.1, 0.15) is 71.1 Å². The molecule has 0 fully saturated rings. The molecule has 0 aromatic rings. The topological polar surface area (TPSA) is 37.3 Å². The fourth-order valence-corrected chi connectivity index (χ4v) is 2.08. The standard InChI is InChI=1S/C22H34O2/c1-2-3-4-5-6-7-8-9-10-11-12-13-14-15-16-17-18-19-20-21-22(23)24/h3-4,6-7,12-13,15-16,19-20H,2,5,8-11,14,17-18,21H2,1H3,(H,23,24)/b4-3+,7-6+,13-12+,16-15+,20-19+. The molecule has 0 aliphatic carbocycles. The Hall–Kier alpha value is -1.83. The normalized spacial score (nSPS) is 12.7. The predicted molar refractivity (Wildman–Crippen MR) is 105 cm³/mol. The van der Waals surface area contributed by atoms with Gasteiger partial charge in [0.1, 0.15) is 0 Å². The van der Waals surface area contributed by atoms with E-state index < -0.39 is 5.97 Å². The maximum absolute atomic E-state index is 10.3. The van der Waals surface area contributed by atoms with Crippen LogP contribution in [0, 0.1) is 0 Å². The third-order valence-corrected chi connectivity index (χ3v) is 3.40. The zero-order valence-electron chi connectivity index (χ0n) is 15.2. The number of carbonyl (C=O) groups is 1. The van der Waals surface area contributed by atoms with Gasteiger partial charge in [0, 0.05) is 0 Å². The van der Waals surface area contributed by atoms with Crippen LogP contribution < -0.4 is 0 Å². The molecule has 24 heavy (non-hydrogen) atoms. The SMILES string of the molecule is CC/C=C/C/C=C/CCCC/C=C/C/C=C/CC/C=C/CC(=O)O. The fourth-order valence-electron chi connectivity index (χ4n) is 2.08. The van der Waals surface area contributed by atoms with Crippen molar-refractivity contribution in [2.45, 2.75) is 71.1 Å². The second-order valence-electron chi connectivity index (χ2n) is 5.70. The van der Waals surface area contributed by atoms with Gasteiger partial charge in [-0.3, -0.25) is 4.79 Å². The third kappa shape index (κ3) is 20.2. The van der Waals surface area contributed by atoms with Gasteiger partial charge in [0.15, 0.2) is 0 Å². The molecule has 0 aliphatic heterocycles.